The Kier molecular flexibility index (Phi) is 7.95. The third kappa shape index (κ3) is 5.88. The van der Waals surface area contributed by atoms with E-state index >= 15 is 0 Å². The van der Waals surface area contributed by atoms with E-state index in [4.69, 9.17) is 26.9 Å². The highest BCUT2D eigenvalue weighted by Crippen LogP contribution is 2.39. The molecule has 3 rings (SSSR count). The predicted molar refractivity (Wildman–Crippen MR) is 112 cm³/mol. The van der Waals surface area contributed by atoms with Gasteiger partial charge in [0, 0.05) is 19.1 Å². The van der Waals surface area contributed by atoms with Gasteiger partial charge in [0.1, 0.15) is 12.4 Å². The molecule has 0 bridgehead atoms. The molecule has 1 heterocycles. The molecule has 2 aromatic rings. The summed E-state index contributed by atoms with van der Waals surface area (Å²) in [4.78, 5) is 14.1. The lowest BCUT2D eigenvalue weighted by Gasteiger charge is -2.20. The maximum atomic E-state index is 12.6. The Labute approximate surface area is 184 Å². The van der Waals surface area contributed by atoms with Gasteiger partial charge < -0.3 is 9.64 Å². The van der Waals surface area contributed by atoms with Crippen LogP contribution in [0.15, 0.2) is 29.4 Å². The standard InChI is InChI=1S/C20H21ClN6O2S/c21-16-5-1-2-6-17(16)29-13-18-24-25-20(27(18)15-7-8-15)30-14-19(28)26(11-3-9-22)12-4-10-23/h1-2,5-6,15H,3-4,7-8,11-14H2. The van der Waals surface area contributed by atoms with E-state index in [1.807, 2.05) is 28.8 Å². The van der Waals surface area contributed by atoms with Gasteiger partial charge in [0.2, 0.25) is 5.91 Å². The van der Waals surface area contributed by atoms with E-state index in [0.29, 0.717) is 40.9 Å². The van der Waals surface area contributed by atoms with Crippen LogP contribution in [0.2, 0.25) is 5.02 Å². The van der Waals surface area contributed by atoms with Crippen molar-refractivity contribution in [3.8, 4) is 17.9 Å². The molecule has 1 aliphatic rings. The van der Waals surface area contributed by atoms with Crippen molar-refractivity contribution >= 4 is 29.3 Å². The van der Waals surface area contributed by atoms with Crippen LogP contribution in [0.5, 0.6) is 5.75 Å². The number of nitrogens with zero attached hydrogens (tertiary/aromatic N) is 6. The number of hydrogen-bond donors (Lipinski definition) is 0. The van der Waals surface area contributed by atoms with Gasteiger partial charge in [0.05, 0.1) is 35.8 Å². The molecular formula is C20H21ClN6O2S. The van der Waals surface area contributed by atoms with Crippen molar-refractivity contribution in [2.45, 2.75) is 43.5 Å². The zero-order valence-electron chi connectivity index (χ0n) is 16.3. The van der Waals surface area contributed by atoms with Gasteiger partial charge in [-0.3, -0.25) is 9.36 Å². The van der Waals surface area contributed by atoms with E-state index < -0.39 is 0 Å². The second kappa shape index (κ2) is 10.9. The Bertz CT molecular complexity index is 945. The zero-order valence-corrected chi connectivity index (χ0v) is 17.9. The van der Waals surface area contributed by atoms with Crippen molar-refractivity contribution < 1.29 is 9.53 Å². The van der Waals surface area contributed by atoms with Gasteiger partial charge in [-0.25, -0.2) is 0 Å². The zero-order chi connectivity index (χ0) is 21.3. The number of aromatic nitrogens is 3. The fraction of sp³-hybridized carbons (Fsp3) is 0.450. The van der Waals surface area contributed by atoms with Crippen LogP contribution in [0.1, 0.15) is 37.5 Å². The lowest BCUT2D eigenvalue weighted by molar-refractivity contribution is -0.128. The number of amides is 1. The van der Waals surface area contributed by atoms with Crippen LogP contribution in [0.4, 0.5) is 0 Å². The van der Waals surface area contributed by atoms with Gasteiger partial charge >= 0.3 is 0 Å². The van der Waals surface area contributed by atoms with Crippen molar-refractivity contribution in [3.63, 3.8) is 0 Å². The lowest BCUT2D eigenvalue weighted by Crippen LogP contribution is -2.34. The molecule has 0 saturated heterocycles. The molecule has 1 fully saturated rings. The van der Waals surface area contributed by atoms with Gasteiger partial charge in [0.25, 0.3) is 0 Å². The fourth-order valence-corrected chi connectivity index (χ4v) is 3.97. The highest BCUT2D eigenvalue weighted by molar-refractivity contribution is 7.99. The van der Waals surface area contributed by atoms with Gasteiger partial charge in [-0.1, -0.05) is 35.5 Å². The van der Waals surface area contributed by atoms with E-state index in [9.17, 15) is 4.79 Å². The summed E-state index contributed by atoms with van der Waals surface area (Å²) in [6, 6.07) is 11.6. The van der Waals surface area contributed by atoms with Crippen LogP contribution in [-0.2, 0) is 11.4 Å². The molecule has 1 saturated carbocycles. The van der Waals surface area contributed by atoms with Crippen molar-refractivity contribution in [1.82, 2.24) is 19.7 Å². The Morgan fingerprint density at radius 1 is 1.23 bits per heavy atom. The van der Waals surface area contributed by atoms with Gasteiger partial charge in [0.15, 0.2) is 11.0 Å². The highest BCUT2D eigenvalue weighted by atomic mass is 35.5. The van der Waals surface area contributed by atoms with Crippen LogP contribution in [0.25, 0.3) is 0 Å². The van der Waals surface area contributed by atoms with E-state index in [1.54, 1.807) is 17.0 Å². The van der Waals surface area contributed by atoms with Crippen LogP contribution in [0, 0.1) is 22.7 Å². The first-order valence-corrected chi connectivity index (χ1v) is 11.0. The molecule has 0 spiro atoms. The normalized spacial score (nSPS) is 12.8. The summed E-state index contributed by atoms with van der Waals surface area (Å²) in [5.41, 5.74) is 0. The summed E-state index contributed by atoms with van der Waals surface area (Å²) in [6.45, 7) is 0.881. The molecule has 10 heteroatoms. The quantitative estimate of drug-likeness (QED) is 0.487. The maximum Gasteiger partial charge on any atom is 0.233 e. The largest absolute Gasteiger partial charge is 0.484 e. The highest BCUT2D eigenvalue weighted by Gasteiger charge is 2.30. The van der Waals surface area contributed by atoms with Crippen molar-refractivity contribution in [3.05, 3.63) is 35.1 Å². The fourth-order valence-electron chi connectivity index (χ4n) is 2.86. The Morgan fingerprint density at radius 2 is 1.93 bits per heavy atom. The van der Waals surface area contributed by atoms with E-state index in [0.717, 1.165) is 12.8 Å². The maximum absolute atomic E-state index is 12.6. The molecule has 0 unspecified atom stereocenters. The number of carbonyl (C=O) groups is 1. The first-order valence-electron chi connectivity index (χ1n) is 9.59. The smallest absolute Gasteiger partial charge is 0.233 e. The van der Waals surface area contributed by atoms with Gasteiger partial charge in [-0.15, -0.1) is 10.2 Å². The van der Waals surface area contributed by atoms with Crippen LogP contribution >= 0.6 is 23.4 Å². The SMILES string of the molecule is N#CCCN(CCC#N)C(=O)CSc1nnc(COc2ccccc2Cl)n1C1CC1. The van der Waals surface area contributed by atoms with Crippen molar-refractivity contribution in [2.75, 3.05) is 18.8 Å². The average molecular weight is 445 g/mol. The van der Waals surface area contributed by atoms with E-state index in [2.05, 4.69) is 10.2 Å². The van der Waals surface area contributed by atoms with Crippen molar-refractivity contribution in [1.29, 1.82) is 10.5 Å². The first-order chi connectivity index (χ1) is 14.6. The molecule has 156 valence electrons. The summed E-state index contributed by atoms with van der Waals surface area (Å²) in [7, 11) is 0. The number of thioether (sulfide) groups is 1. The summed E-state index contributed by atoms with van der Waals surface area (Å²) in [6.07, 6.45) is 2.55. The van der Waals surface area contributed by atoms with Crippen LogP contribution < -0.4 is 4.74 Å². The average Bonchev–Trinajstić information content (AvgIpc) is 3.51. The Morgan fingerprint density at radius 3 is 2.57 bits per heavy atom. The van der Waals surface area contributed by atoms with E-state index in [1.165, 1.54) is 11.8 Å². The first kappa shape index (κ1) is 21.9. The summed E-state index contributed by atoms with van der Waals surface area (Å²) in [5, 5.41) is 27.3. The molecule has 1 aliphatic carbocycles. The molecule has 0 N–H and O–H groups in total. The second-order valence-corrected chi connectivity index (χ2v) is 8.05. The van der Waals surface area contributed by atoms with Crippen LogP contribution in [0.3, 0.4) is 0 Å². The number of para-hydroxylation sites is 1. The number of carbonyl (C=O) groups excluding carboxylic acids is 1. The topological polar surface area (TPSA) is 108 Å². The molecule has 30 heavy (non-hydrogen) atoms. The molecule has 1 amide bonds. The van der Waals surface area contributed by atoms with Crippen LogP contribution in [-0.4, -0.2) is 44.4 Å². The minimum absolute atomic E-state index is 0.121. The monoisotopic (exact) mass is 444 g/mol. The summed E-state index contributed by atoms with van der Waals surface area (Å²) in [5.74, 6) is 1.33. The summed E-state index contributed by atoms with van der Waals surface area (Å²) >= 11 is 7.46. The molecule has 1 aromatic heterocycles. The number of rotatable bonds is 11. The third-order valence-corrected chi connectivity index (χ3v) is 5.75. The number of hydrogen-bond acceptors (Lipinski definition) is 7. The van der Waals surface area contributed by atoms with Gasteiger partial charge in [-0.2, -0.15) is 10.5 Å². The Balaban J connectivity index is 1.63. The minimum atomic E-state index is -0.121. The second-order valence-electron chi connectivity index (χ2n) is 6.70. The molecule has 0 radical (unpaired) electrons. The molecular weight excluding hydrogens is 424 g/mol. The van der Waals surface area contributed by atoms with Crippen molar-refractivity contribution in [2.24, 2.45) is 0 Å². The number of benzene rings is 1. The molecule has 0 atom stereocenters. The molecule has 1 aromatic carbocycles. The predicted octanol–water partition coefficient (Wildman–Crippen LogP) is 3.59. The Hall–Kier alpha value is -2.75. The third-order valence-electron chi connectivity index (χ3n) is 4.51. The van der Waals surface area contributed by atoms with E-state index in [-0.39, 0.29) is 31.1 Å². The number of halogens is 1. The molecule has 0 aliphatic heterocycles. The molecule has 8 nitrogen and oxygen atoms in total. The number of nitriles is 2. The van der Waals surface area contributed by atoms with Gasteiger partial charge in [-0.05, 0) is 25.0 Å². The lowest BCUT2D eigenvalue weighted by atomic mass is 10.3. The summed E-state index contributed by atoms with van der Waals surface area (Å²) < 4.78 is 7.84. The minimum Gasteiger partial charge on any atom is -0.484 e. The number of ether oxygens (including phenoxy) is 1.